The molecule has 2 unspecified atom stereocenters. The van der Waals surface area contributed by atoms with Crippen LogP contribution in [-0.2, 0) is 0 Å². The van der Waals surface area contributed by atoms with Gasteiger partial charge in [-0.1, -0.05) is 20.8 Å². The van der Waals surface area contributed by atoms with Gasteiger partial charge in [0.25, 0.3) is 0 Å². The first-order valence-electron chi connectivity index (χ1n) is 6.19. The molecular formula is C13H30N2. The van der Waals surface area contributed by atoms with E-state index < -0.39 is 0 Å². The Hall–Kier alpha value is -0.0800. The third kappa shape index (κ3) is 6.91. The molecule has 0 aliphatic carbocycles. The molecule has 15 heavy (non-hydrogen) atoms. The monoisotopic (exact) mass is 214 g/mol. The van der Waals surface area contributed by atoms with E-state index in [1.807, 2.05) is 0 Å². The van der Waals surface area contributed by atoms with Crippen molar-refractivity contribution in [2.45, 2.75) is 40.2 Å². The zero-order valence-corrected chi connectivity index (χ0v) is 11.7. The van der Waals surface area contributed by atoms with E-state index in [0.717, 1.165) is 11.8 Å². The molecule has 2 atom stereocenters. The first-order chi connectivity index (χ1) is 6.84. The average Bonchev–Trinajstić information content (AvgIpc) is 2.11. The van der Waals surface area contributed by atoms with Crippen molar-refractivity contribution >= 4 is 0 Å². The highest BCUT2D eigenvalue weighted by molar-refractivity contribution is 4.69. The molecule has 0 aliphatic rings. The van der Waals surface area contributed by atoms with Crippen molar-refractivity contribution in [3.05, 3.63) is 0 Å². The minimum absolute atomic E-state index is 0.678. The lowest BCUT2D eigenvalue weighted by Crippen LogP contribution is -2.33. The molecule has 0 aromatic rings. The highest BCUT2D eigenvalue weighted by Crippen LogP contribution is 2.12. The maximum Gasteiger partial charge on any atom is 0.00869 e. The summed E-state index contributed by atoms with van der Waals surface area (Å²) in [6.07, 6.45) is 1.29. The van der Waals surface area contributed by atoms with Crippen LogP contribution in [0.25, 0.3) is 0 Å². The van der Waals surface area contributed by atoms with Crippen LogP contribution in [0.15, 0.2) is 0 Å². The van der Waals surface area contributed by atoms with Gasteiger partial charge in [0.1, 0.15) is 0 Å². The van der Waals surface area contributed by atoms with E-state index in [1.54, 1.807) is 0 Å². The summed E-state index contributed by atoms with van der Waals surface area (Å²) < 4.78 is 0. The summed E-state index contributed by atoms with van der Waals surface area (Å²) in [5.41, 5.74) is 0. The van der Waals surface area contributed by atoms with Gasteiger partial charge in [0.2, 0.25) is 0 Å². The van der Waals surface area contributed by atoms with E-state index in [4.69, 9.17) is 0 Å². The Labute approximate surface area is 96.6 Å². The molecular weight excluding hydrogens is 184 g/mol. The quantitative estimate of drug-likeness (QED) is 0.642. The van der Waals surface area contributed by atoms with E-state index in [0.29, 0.717) is 6.04 Å². The van der Waals surface area contributed by atoms with E-state index in [-0.39, 0.29) is 0 Å². The lowest BCUT2D eigenvalue weighted by Gasteiger charge is -2.28. The smallest absolute Gasteiger partial charge is 0.00869 e. The Bertz CT molecular complexity index is 155. The van der Waals surface area contributed by atoms with Crippen molar-refractivity contribution in [3.8, 4) is 0 Å². The number of nitrogens with zero attached hydrogens (tertiary/aromatic N) is 2. The maximum absolute atomic E-state index is 2.45. The summed E-state index contributed by atoms with van der Waals surface area (Å²) in [7, 11) is 6.56. The van der Waals surface area contributed by atoms with Gasteiger partial charge in [-0.3, -0.25) is 0 Å². The van der Waals surface area contributed by atoms with Crippen molar-refractivity contribution < 1.29 is 0 Å². The van der Waals surface area contributed by atoms with Gasteiger partial charge in [-0.05, 0) is 52.9 Å². The summed E-state index contributed by atoms with van der Waals surface area (Å²) >= 11 is 0. The second-order valence-electron chi connectivity index (χ2n) is 5.63. The van der Waals surface area contributed by atoms with Crippen molar-refractivity contribution in [3.63, 3.8) is 0 Å². The number of rotatable bonds is 7. The average molecular weight is 214 g/mol. The van der Waals surface area contributed by atoms with Crippen molar-refractivity contribution in [1.82, 2.24) is 9.80 Å². The number of hydrogen-bond donors (Lipinski definition) is 0. The summed E-state index contributed by atoms with van der Waals surface area (Å²) in [5, 5.41) is 0. The van der Waals surface area contributed by atoms with Crippen LogP contribution < -0.4 is 0 Å². The van der Waals surface area contributed by atoms with Crippen LogP contribution in [0.4, 0.5) is 0 Å². The minimum Gasteiger partial charge on any atom is -0.306 e. The first-order valence-corrected chi connectivity index (χ1v) is 6.19. The largest absolute Gasteiger partial charge is 0.306 e. The van der Waals surface area contributed by atoms with Crippen molar-refractivity contribution in [2.24, 2.45) is 11.8 Å². The third-order valence-corrected chi connectivity index (χ3v) is 3.28. The Morgan fingerprint density at radius 1 is 0.933 bits per heavy atom. The molecule has 0 bridgehead atoms. The topological polar surface area (TPSA) is 6.48 Å². The van der Waals surface area contributed by atoms with E-state index >= 15 is 0 Å². The maximum atomic E-state index is 2.45. The highest BCUT2D eigenvalue weighted by Gasteiger charge is 2.14. The Kier molecular flexibility index (Phi) is 7.20. The zero-order chi connectivity index (χ0) is 12.0. The molecule has 0 aromatic heterocycles. The standard InChI is InChI=1S/C13H30N2/c1-11(2)10-15(7)9-8-12(3)13(4)14(5)6/h11-13H,8-10H2,1-7H3. The normalized spacial score (nSPS) is 16.4. The molecule has 0 fully saturated rings. The van der Waals surface area contributed by atoms with Crippen LogP contribution in [-0.4, -0.2) is 50.1 Å². The first kappa shape index (κ1) is 14.9. The molecule has 2 heteroatoms. The highest BCUT2D eigenvalue weighted by atomic mass is 15.1. The van der Waals surface area contributed by atoms with Crippen molar-refractivity contribution in [1.29, 1.82) is 0 Å². The molecule has 2 nitrogen and oxygen atoms in total. The molecule has 0 amide bonds. The lowest BCUT2D eigenvalue weighted by atomic mass is 9.98. The summed E-state index contributed by atoms with van der Waals surface area (Å²) in [5.74, 6) is 1.55. The summed E-state index contributed by atoms with van der Waals surface area (Å²) in [6.45, 7) is 11.7. The molecule has 0 saturated heterocycles. The lowest BCUT2D eigenvalue weighted by molar-refractivity contribution is 0.203. The van der Waals surface area contributed by atoms with Gasteiger partial charge in [0.15, 0.2) is 0 Å². The van der Waals surface area contributed by atoms with Crippen LogP contribution in [0.1, 0.15) is 34.1 Å². The minimum atomic E-state index is 0.678. The van der Waals surface area contributed by atoms with E-state index in [2.05, 4.69) is 58.6 Å². The van der Waals surface area contributed by atoms with Gasteiger partial charge < -0.3 is 9.80 Å². The fourth-order valence-corrected chi connectivity index (χ4v) is 1.89. The fourth-order valence-electron chi connectivity index (χ4n) is 1.89. The molecule has 0 rings (SSSR count). The zero-order valence-electron chi connectivity index (χ0n) is 11.7. The van der Waals surface area contributed by atoms with Crippen LogP contribution in [0.5, 0.6) is 0 Å². The van der Waals surface area contributed by atoms with Crippen LogP contribution in [0, 0.1) is 11.8 Å². The Balaban J connectivity index is 3.74. The SMILES string of the molecule is CC(C)CN(C)CCC(C)C(C)N(C)C. The fraction of sp³-hybridized carbons (Fsp3) is 1.00. The predicted octanol–water partition coefficient (Wildman–Crippen LogP) is 2.55. The Morgan fingerprint density at radius 2 is 1.47 bits per heavy atom. The third-order valence-electron chi connectivity index (χ3n) is 3.28. The predicted molar refractivity (Wildman–Crippen MR) is 69.3 cm³/mol. The van der Waals surface area contributed by atoms with E-state index in [9.17, 15) is 0 Å². The second-order valence-corrected chi connectivity index (χ2v) is 5.63. The van der Waals surface area contributed by atoms with Gasteiger partial charge in [-0.25, -0.2) is 0 Å². The molecule has 0 saturated carbocycles. The van der Waals surface area contributed by atoms with Crippen molar-refractivity contribution in [2.75, 3.05) is 34.2 Å². The van der Waals surface area contributed by atoms with Gasteiger partial charge in [0.05, 0.1) is 0 Å². The van der Waals surface area contributed by atoms with Crippen LogP contribution >= 0.6 is 0 Å². The molecule has 0 radical (unpaired) electrons. The molecule has 92 valence electrons. The molecule has 0 heterocycles. The van der Waals surface area contributed by atoms with Gasteiger partial charge >= 0.3 is 0 Å². The summed E-state index contributed by atoms with van der Waals surface area (Å²) in [6, 6.07) is 0.678. The summed E-state index contributed by atoms with van der Waals surface area (Å²) in [4.78, 5) is 4.76. The number of hydrogen-bond acceptors (Lipinski definition) is 2. The van der Waals surface area contributed by atoms with Gasteiger partial charge in [-0.2, -0.15) is 0 Å². The van der Waals surface area contributed by atoms with Gasteiger partial charge in [-0.15, -0.1) is 0 Å². The molecule has 0 aliphatic heterocycles. The van der Waals surface area contributed by atoms with Crippen LogP contribution in [0.2, 0.25) is 0 Å². The Morgan fingerprint density at radius 3 is 1.87 bits per heavy atom. The molecule has 0 N–H and O–H groups in total. The second kappa shape index (κ2) is 7.24. The van der Waals surface area contributed by atoms with Gasteiger partial charge in [0, 0.05) is 12.6 Å². The molecule has 0 aromatic carbocycles. The van der Waals surface area contributed by atoms with E-state index in [1.165, 1.54) is 19.5 Å². The van der Waals surface area contributed by atoms with Crippen LogP contribution in [0.3, 0.4) is 0 Å². The molecule has 0 spiro atoms.